The third-order valence-electron chi connectivity index (χ3n) is 2.36. The van der Waals surface area contributed by atoms with Gasteiger partial charge in [-0.1, -0.05) is 0 Å². The van der Waals surface area contributed by atoms with Gasteiger partial charge in [0.15, 0.2) is 0 Å². The largest absolute Gasteiger partial charge is 0.395 e. The Kier molecular flexibility index (Phi) is 5.38. The van der Waals surface area contributed by atoms with E-state index >= 15 is 0 Å². The van der Waals surface area contributed by atoms with Crippen LogP contribution in [0.5, 0.6) is 0 Å². The minimum absolute atomic E-state index is 0.0739. The summed E-state index contributed by atoms with van der Waals surface area (Å²) in [6, 6.07) is 0. The lowest BCUT2D eigenvalue weighted by atomic mass is 9.79. The second kappa shape index (κ2) is 5.61. The molecule has 0 aromatic heterocycles. The predicted octanol–water partition coefficient (Wildman–Crippen LogP) is -0.424. The molecule has 0 aliphatic heterocycles. The van der Waals surface area contributed by atoms with Gasteiger partial charge < -0.3 is 21.9 Å². The van der Waals surface area contributed by atoms with Gasteiger partial charge in [-0.25, -0.2) is 0 Å². The summed E-state index contributed by atoms with van der Waals surface area (Å²) >= 11 is 0. The van der Waals surface area contributed by atoms with E-state index in [2.05, 4.69) is 5.32 Å². The van der Waals surface area contributed by atoms with Crippen LogP contribution in [0.15, 0.2) is 0 Å². The summed E-state index contributed by atoms with van der Waals surface area (Å²) in [7, 11) is 0. The van der Waals surface area contributed by atoms with Gasteiger partial charge in [0, 0.05) is 17.6 Å². The zero-order chi connectivity index (χ0) is 13.0. The van der Waals surface area contributed by atoms with E-state index in [-0.39, 0.29) is 25.0 Å². The van der Waals surface area contributed by atoms with E-state index in [1.165, 1.54) is 0 Å². The van der Waals surface area contributed by atoms with Gasteiger partial charge >= 0.3 is 0 Å². The molecule has 0 aromatic rings. The second-order valence-corrected chi connectivity index (χ2v) is 5.58. The van der Waals surface area contributed by atoms with Gasteiger partial charge in [-0.2, -0.15) is 0 Å². The van der Waals surface area contributed by atoms with E-state index in [0.29, 0.717) is 6.42 Å². The first kappa shape index (κ1) is 15.3. The van der Waals surface area contributed by atoms with Crippen LogP contribution in [0.1, 0.15) is 34.1 Å². The van der Waals surface area contributed by atoms with Crippen molar-refractivity contribution in [2.24, 2.45) is 17.4 Å². The molecule has 0 saturated carbocycles. The normalized spacial score (nSPS) is 14.7. The lowest BCUT2D eigenvalue weighted by Gasteiger charge is -2.34. The van der Waals surface area contributed by atoms with Gasteiger partial charge in [0.25, 0.3) is 0 Å². The Hall–Kier alpha value is -0.650. The van der Waals surface area contributed by atoms with Crippen LogP contribution >= 0.6 is 0 Å². The summed E-state index contributed by atoms with van der Waals surface area (Å²) in [5.74, 6) is -0.515. The number of nitrogens with two attached hydrogens (primary N) is 2. The number of hydrogen-bond donors (Lipinski definition) is 4. The maximum Gasteiger partial charge on any atom is 0.225 e. The Morgan fingerprint density at radius 3 is 2.12 bits per heavy atom. The van der Waals surface area contributed by atoms with Crippen LogP contribution < -0.4 is 16.8 Å². The molecule has 5 nitrogen and oxygen atoms in total. The van der Waals surface area contributed by atoms with E-state index in [9.17, 15) is 4.79 Å². The smallest absolute Gasteiger partial charge is 0.225 e. The SMILES string of the molecule is CC(C)(N)CC(C(=O)NCCO)C(C)(C)N. The Morgan fingerprint density at radius 2 is 1.81 bits per heavy atom. The summed E-state index contributed by atoms with van der Waals surface area (Å²) in [6.45, 7) is 7.52. The van der Waals surface area contributed by atoms with Crippen LogP contribution in [0.25, 0.3) is 0 Å². The maximum absolute atomic E-state index is 11.9. The highest BCUT2D eigenvalue weighted by atomic mass is 16.3. The maximum atomic E-state index is 11.9. The molecule has 6 N–H and O–H groups in total. The first-order chi connectivity index (χ1) is 7.08. The van der Waals surface area contributed by atoms with Gasteiger partial charge in [-0.3, -0.25) is 4.79 Å². The molecule has 0 rings (SSSR count). The van der Waals surface area contributed by atoms with Crippen LogP contribution in [0.4, 0.5) is 0 Å². The highest BCUT2D eigenvalue weighted by Gasteiger charge is 2.35. The average molecular weight is 231 g/mol. The molecule has 0 radical (unpaired) electrons. The van der Waals surface area contributed by atoms with Crippen molar-refractivity contribution in [1.82, 2.24) is 5.32 Å². The van der Waals surface area contributed by atoms with Crippen LogP contribution in [-0.4, -0.2) is 35.2 Å². The van der Waals surface area contributed by atoms with Crippen molar-refractivity contribution < 1.29 is 9.90 Å². The highest BCUT2D eigenvalue weighted by Crippen LogP contribution is 2.23. The summed E-state index contributed by atoms with van der Waals surface area (Å²) in [6.07, 6.45) is 0.508. The number of aliphatic hydroxyl groups is 1. The molecule has 1 amide bonds. The number of carbonyl (C=O) groups is 1. The molecule has 16 heavy (non-hydrogen) atoms. The number of aliphatic hydroxyl groups excluding tert-OH is 1. The third kappa shape index (κ3) is 6.05. The van der Waals surface area contributed by atoms with Crippen molar-refractivity contribution in [3.63, 3.8) is 0 Å². The summed E-state index contributed by atoms with van der Waals surface area (Å²) in [5.41, 5.74) is 10.8. The monoisotopic (exact) mass is 231 g/mol. The molecule has 0 aliphatic carbocycles. The lowest BCUT2D eigenvalue weighted by molar-refractivity contribution is -0.127. The zero-order valence-corrected chi connectivity index (χ0v) is 10.7. The number of rotatable bonds is 6. The van der Waals surface area contributed by atoms with E-state index in [0.717, 1.165) is 0 Å². The fourth-order valence-corrected chi connectivity index (χ4v) is 1.52. The molecule has 0 heterocycles. The quantitative estimate of drug-likeness (QED) is 0.498. The highest BCUT2D eigenvalue weighted by molar-refractivity contribution is 5.80. The van der Waals surface area contributed by atoms with Crippen LogP contribution in [0.2, 0.25) is 0 Å². The molecular weight excluding hydrogens is 206 g/mol. The van der Waals surface area contributed by atoms with Crippen molar-refractivity contribution in [2.75, 3.05) is 13.2 Å². The average Bonchev–Trinajstić information content (AvgIpc) is 2.07. The fraction of sp³-hybridized carbons (Fsp3) is 0.909. The van der Waals surface area contributed by atoms with Gasteiger partial charge in [0.05, 0.1) is 12.5 Å². The number of nitrogens with one attached hydrogen (secondary N) is 1. The Bertz CT molecular complexity index is 228. The minimum atomic E-state index is -0.629. The molecular formula is C11H25N3O2. The lowest BCUT2D eigenvalue weighted by Crippen LogP contribution is -2.53. The second-order valence-electron chi connectivity index (χ2n) is 5.58. The molecule has 0 saturated heterocycles. The van der Waals surface area contributed by atoms with E-state index in [4.69, 9.17) is 16.6 Å². The topological polar surface area (TPSA) is 101 Å². The molecule has 96 valence electrons. The molecule has 0 fully saturated rings. The van der Waals surface area contributed by atoms with Crippen LogP contribution in [-0.2, 0) is 4.79 Å². The van der Waals surface area contributed by atoms with Crippen molar-refractivity contribution >= 4 is 5.91 Å². The molecule has 0 spiro atoms. The first-order valence-electron chi connectivity index (χ1n) is 5.54. The van der Waals surface area contributed by atoms with Crippen molar-refractivity contribution in [2.45, 2.75) is 45.2 Å². The standard InChI is InChI=1S/C11H25N3O2/c1-10(2,12)7-8(11(3,4)13)9(16)14-5-6-15/h8,15H,5-7,12-13H2,1-4H3,(H,14,16). The Morgan fingerprint density at radius 1 is 1.31 bits per heavy atom. The van der Waals surface area contributed by atoms with Gasteiger partial charge in [-0.15, -0.1) is 0 Å². The number of amides is 1. The van der Waals surface area contributed by atoms with E-state index < -0.39 is 11.1 Å². The zero-order valence-electron chi connectivity index (χ0n) is 10.7. The molecule has 0 aliphatic rings. The Balaban J connectivity index is 4.62. The van der Waals surface area contributed by atoms with Crippen LogP contribution in [0, 0.1) is 5.92 Å². The van der Waals surface area contributed by atoms with Gasteiger partial charge in [0.1, 0.15) is 0 Å². The number of hydrogen-bond acceptors (Lipinski definition) is 4. The predicted molar refractivity (Wildman–Crippen MR) is 64.7 cm³/mol. The van der Waals surface area contributed by atoms with Gasteiger partial charge in [0.2, 0.25) is 5.91 Å². The molecule has 5 heteroatoms. The van der Waals surface area contributed by atoms with Crippen molar-refractivity contribution in [3.05, 3.63) is 0 Å². The van der Waals surface area contributed by atoms with Gasteiger partial charge in [-0.05, 0) is 34.1 Å². The van der Waals surface area contributed by atoms with E-state index in [1.54, 1.807) is 0 Å². The van der Waals surface area contributed by atoms with Crippen molar-refractivity contribution in [1.29, 1.82) is 0 Å². The molecule has 0 aromatic carbocycles. The molecule has 0 bridgehead atoms. The minimum Gasteiger partial charge on any atom is -0.395 e. The molecule has 1 unspecified atom stereocenters. The number of carbonyl (C=O) groups excluding carboxylic acids is 1. The van der Waals surface area contributed by atoms with Crippen molar-refractivity contribution in [3.8, 4) is 0 Å². The fourth-order valence-electron chi connectivity index (χ4n) is 1.52. The molecule has 1 atom stereocenters. The third-order valence-corrected chi connectivity index (χ3v) is 2.36. The van der Waals surface area contributed by atoms with E-state index in [1.807, 2.05) is 27.7 Å². The first-order valence-corrected chi connectivity index (χ1v) is 5.54. The van der Waals surface area contributed by atoms with Crippen LogP contribution in [0.3, 0.4) is 0 Å². The summed E-state index contributed by atoms with van der Waals surface area (Å²) < 4.78 is 0. The Labute approximate surface area is 97.6 Å². The summed E-state index contributed by atoms with van der Waals surface area (Å²) in [4.78, 5) is 11.9. The summed E-state index contributed by atoms with van der Waals surface area (Å²) in [5, 5.41) is 11.3.